The minimum absolute atomic E-state index is 0.00422. The third-order valence-corrected chi connectivity index (χ3v) is 8.70. The Morgan fingerprint density at radius 3 is 2.40 bits per heavy atom. The second-order valence-electron chi connectivity index (χ2n) is 11.1. The predicted molar refractivity (Wildman–Crippen MR) is 160 cm³/mol. The van der Waals surface area contributed by atoms with Crippen LogP contribution in [-0.2, 0) is 14.4 Å². The summed E-state index contributed by atoms with van der Waals surface area (Å²) in [7, 11) is 0. The molecule has 1 aliphatic heterocycles. The number of nitrogens with zero attached hydrogens (tertiary/aromatic N) is 2. The number of nitrogens with one attached hydrogen (secondary N) is 1. The molecule has 1 heterocycles. The van der Waals surface area contributed by atoms with Crippen LogP contribution in [0.2, 0.25) is 0 Å². The van der Waals surface area contributed by atoms with Crippen LogP contribution in [0.5, 0.6) is 0 Å². The molecule has 1 saturated heterocycles. The zero-order chi connectivity index (χ0) is 29.1. The van der Waals surface area contributed by atoms with Crippen molar-refractivity contribution in [1.82, 2.24) is 10.2 Å². The molecule has 2 fully saturated rings. The number of guanidine groups is 1. The first kappa shape index (κ1) is 31.8. The van der Waals surface area contributed by atoms with Crippen LogP contribution in [0.25, 0.3) is 0 Å². The number of hydrogen-bond donors (Lipinski definition) is 3. The number of hydrogen-bond acceptors (Lipinski definition) is 5. The third-order valence-electron chi connectivity index (χ3n) is 8.17. The quantitative estimate of drug-likeness (QED) is 0.162. The van der Waals surface area contributed by atoms with Crippen LogP contribution in [0.3, 0.4) is 0 Å². The fourth-order valence-electron chi connectivity index (χ4n) is 5.98. The van der Waals surface area contributed by atoms with E-state index in [-0.39, 0.29) is 35.8 Å². The smallest absolute Gasteiger partial charge is 0.251 e. The van der Waals surface area contributed by atoms with E-state index >= 15 is 0 Å². The number of benzene rings is 1. The monoisotopic (exact) mass is 617 g/mol. The number of likely N-dealkylation sites (tertiary alicyclic amines) is 1. The number of nitrogens with two attached hydrogens (primary N) is 2. The molecule has 0 aromatic heterocycles. The van der Waals surface area contributed by atoms with Crippen LogP contribution in [0, 0.1) is 11.8 Å². The van der Waals surface area contributed by atoms with Gasteiger partial charge in [-0.25, -0.2) is 0 Å². The van der Waals surface area contributed by atoms with E-state index in [4.69, 9.17) is 11.5 Å². The number of ketones is 2. The third kappa shape index (κ3) is 9.42. The number of amides is 2. The average molecular weight is 619 g/mol. The van der Waals surface area contributed by atoms with E-state index in [1.54, 1.807) is 36.1 Å². The molecular formula is C30H44BrN5O4. The number of halogens is 1. The minimum atomic E-state index is -0.694. The zero-order valence-corrected chi connectivity index (χ0v) is 25.2. The van der Waals surface area contributed by atoms with Gasteiger partial charge in [-0.1, -0.05) is 55.0 Å². The van der Waals surface area contributed by atoms with Crippen LogP contribution in [0.1, 0.15) is 94.3 Å². The Labute approximate surface area is 246 Å². The van der Waals surface area contributed by atoms with E-state index < -0.39 is 18.0 Å². The fraction of sp³-hybridized carbons (Fsp3) is 0.633. The van der Waals surface area contributed by atoms with Gasteiger partial charge in [-0.3, -0.25) is 24.2 Å². The molecule has 0 unspecified atom stereocenters. The zero-order valence-electron chi connectivity index (χ0n) is 23.6. The number of carbonyl (C=O) groups excluding carboxylic acids is 4. The molecule has 3 atom stereocenters. The maximum atomic E-state index is 14.0. The largest absolute Gasteiger partial charge is 0.370 e. The topological polar surface area (TPSA) is 148 Å². The lowest BCUT2D eigenvalue weighted by Crippen LogP contribution is -2.52. The van der Waals surface area contributed by atoms with Crippen molar-refractivity contribution in [2.24, 2.45) is 28.3 Å². The second-order valence-corrected chi connectivity index (χ2v) is 12.0. The Bertz CT molecular complexity index is 1050. The summed E-state index contributed by atoms with van der Waals surface area (Å²) < 4.78 is 0.869. The van der Waals surface area contributed by atoms with Crippen molar-refractivity contribution >= 4 is 45.3 Å². The van der Waals surface area contributed by atoms with Gasteiger partial charge < -0.3 is 21.7 Å². The van der Waals surface area contributed by atoms with Crippen molar-refractivity contribution in [3.8, 4) is 0 Å². The van der Waals surface area contributed by atoms with Crippen LogP contribution in [-0.4, -0.2) is 59.4 Å². The lowest BCUT2D eigenvalue weighted by atomic mass is 9.84. The number of carbonyl (C=O) groups is 4. The normalized spacial score (nSPS) is 19.1. The van der Waals surface area contributed by atoms with Crippen molar-refractivity contribution < 1.29 is 19.2 Å². The van der Waals surface area contributed by atoms with Gasteiger partial charge in [0, 0.05) is 41.9 Å². The molecule has 9 nitrogen and oxygen atoms in total. The van der Waals surface area contributed by atoms with Gasteiger partial charge in [0.25, 0.3) is 5.91 Å². The van der Waals surface area contributed by atoms with Gasteiger partial charge in [-0.15, -0.1) is 0 Å². The summed E-state index contributed by atoms with van der Waals surface area (Å²) in [5.41, 5.74) is 11.3. The van der Waals surface area contributed by atoms with Gasteiger partial charge in [0.2, 0.25) is 5.91 Å². The fourth-order valence-corrected chi connectivity index (χ4v) is 6.24. The summed E-state index contributed by atoms with van der Waals surface area (Å²) in [6, 6.07) is 5.78. The highest BCUT2D eigenvalue weighted by molar-refractivity contribution is 9.10. The standard InChI is InChI=1S/C30H44BrN5O4/c1-2-26(37)22(10-6-16-34-30(32)33)19-27(38)25-11-7-17-36(25)29(40)24(18-20-8-4-3-5-9-20)35-28(39)21-12-14-23(31)15-13-21/h12-15,20,22,24-25H,2-11,16-19H2,1H3,(H,35,39)(H4,32,33,34)/t22-,24+,25+/m1/s1. The molecule has 2 aliphatic rings. The molecule has 0 radical (unpaired) electrons. The van der Waals surface area contributed by atoms with Gasteiger partial charge in [0.05, 0.1) is 6.04 Å². The van der Waals surface area contributed by atoms with E-state index in [1.807, 2.05) is 0 Å². The first-order valence-corrected chi connectivity index (χ1v) is 15.5. The van der Waals surface area contributed by atoms with Crippen LogP contribution in [0.15, 0.2) is 33.7 Å². The minimum Gasteiger partial charge on any atom is -0.370 e. The molecule has 220 valence electrons. The van der Waals surface area contributed by atoms with E-state index in [9.17, 15) is 19.2 Å². The number of rotatable bonds is 14. The van der Waals surface area contributed by atoms with Crippen LogP contribution >= 0.6 is 15.9 Å². The molecule has 40 heavy (non-hydrogen) atoms. The molecule has 1 saturated carbocycles. The molecule has 10 heteroatoms. The molecule has 1 aliphatic carbocycles. The highest BCUT2D eigenvalue weighted by Crippen LogP contribution is 2.30. The van der Waals surface area contributed by atoms with Crippen molar-refractivity contribution in [1.29, 1.82) is 0 Å². The summed E-state index contributed by atoms with van der Waals surface area (Å²) in [5, 5.41) is 3.00. The Kier molecular flexibility index (Phi) is 12.6. The maximum absolute atomic E-state index is 14.0. The predicted octanol–water partition coefficient (Wildman–Crippen LogP) is 4.12. The van der Waals surface area contributed by atoms with Gasteiger partial charge in [0.1, 0.15) is 11.8 Å². The molecule has 1 aromatic rings. The molecule has 0 spiro atoms. The van der Waals surface area contributed by atoms with Crippen molar-refractivity contribution in [2.75, 3.05) is 13.1 Å². The molecule has 2 amide bonds. The Balaban J connectivity index is 1.72. The summed E-state index contributed by atoms with van der Waals surface area (Å²) in [5.74, 6) is -0.595. The molecule has 3 rings (SSSR count). The lowest BCUT2D eigenvalue weighted by Gasteiger charge is -2.32. The van der Waals surface area contributed by atoms with E-state index in [0.29, 0.717) is 56.7 Å². The van der Waals surface area contributed by atoms with Crippen molar-refractivity contribution in [2.45, 2.75) is 96.1 Å². The van der Waals surface area contributed by atoms with E-state index in [1.165, 1.54) is 6.42 Å². The van der Waals surface area contributed by atoms with E-state index in [2.05, 4.69) is 26.2 Å². The van der Waals surface area contributed by atoms with Crippen LogP contribution in [0.4, 0.5) is 0 Å². The van der Waals surface area contributed by atoms with Gasteiger partial charge in [-0.05, 0) is 62.3 Å². The second kappa shape index (κ2) is 15.9. The van der Waals surface area contributed by atoms with Gasteiger partial charge in [0.15, 0.2) is 11.7 Å². The lowest BCUT2D eigenvalue weighted by molar-refractivity contribution is -0.140. The van der Waals surface area contributed by atoms with Gasteiger partial charge in [-0.2, -0.15) is 0 Å². The highest BCUT2D eigenvalue weighted by Gasteiger charge is 2.39. The molecular weight excluding hydrogens is 574 g/mol. The van der Waals surface area contributed by atoms with Crippen molar-refractivity contribution in [3.05, 3.63) is 34.3 Å². The first-order valence-electron chi connectivity index (χ1n) is 14.7. The van der Waals surface area contributed by atoms with E-state index in [0.717, 1.165) is 36.6 Å². The molecule has 5 N–H and O–H groups in total. The Hall–Kier alpha value is -2.75. The summed E-state index contributed by atoms with van der Waals surface area (Å²) in [4.78, 5) is 58.9. The number of Topliss-reactive ketones (excluding diaryl/α,β-unsaturated/α-hetero) is 2. The van der Waals surface area contributed by atoms with Crippen molar-refractivity contribution in [3.63, 3.8) is 0 Å². The molecule has 0 bridgehead atoms. The number of aliphatic imine (C=N–C) groups is 1. The summed E-state index contributed by atoms with van der Waals surface area (Å²) >= 11 is 3.39. The van der Waals surface area contributed by atoms with Gasteiger partial charge >= 0.3 is 0 Å². The SMILES string of the molecule is CCC(=O)[C@H](CCCN=C(N)N)CC(=O)[C@@H]1CCCN1C(=O)[C@H](CC1CCCCC1)NC(=O)c1ccc(Br)cc1. The maximum Gasteiger partial charge on any atom is 0.251 e. The Morgan fingerprint density at radius 1 is 1.05 bits per heavy atom. The van der Waals surface area contributed by atoms with Crippen LogP contribution < -0.4 is 16.8 Å². The first-order chi connectivity index (χ1) is 19.2. The summed E-state index contributed by atoms with van der Waals surface area (Å²) in [6.45, 7) is 2.67. The highest BCUT2D eigenvalue weighted by atomic mass is 79.9. The molecule has 1 aromatic carbocycles. The summed E-state index contributed by atoms with van der Waals surface area (Å²) in [6.07, 6.45) is 8.97. The average Bonchev–Trinajstić information content (AvgIpc) is 3.44. The Morgan fingerprint density at radius 2 is 1.75 bits per heavy atom.